The molecule has 0 aliphatic heterocycles. The summed E-state index contributed by atoms with van der Waals surface area (Å²) in [6.07, 6.45) is 1.04. The maximum atomic E-state index is 11.7. The number of aryl methyl sites for hydroxylation is 1. The molecule has 0 aliphatic rings. The summed E-state index contributed by atoms with van der Waals surface area (Å²) < 4.78 is 4.89. The van der Waals surface area contributed by atoms with E-state index in [-0.39, 0.29) is 12.5 Å². The fourth-order valence-corrected chi connectivity index (χ4v) is 2.13. The monoisotopic (exact) mass is 320 g/mol. The van der Waals surface area contributed by atoms with Gasteiger partial charge < -0.3 is 20.3 Å². The average Bonchev–Trinajstić information content (AvgIpc) is 2.56. The Morgan fingerprint density at radius 1 is 1.22 bits per heavy atom. The first-order chi connectivity index (χ1) is 11.1. The van der Waals surface area contributed by atoms with Crippen LogP contribution >= 0.6 is 0 Å². The van der Waals surface area contributed by atoms with Crippen LogP contribution in [-0.2, 0) is 22.5 Å². The van der Waals surface area contributed by atoms with Gasteiger partial charge in [-0.25, -0.2) is 0 Å². The Bertz CT molecular complexity index is 500. The van der Waals surface area contributed by atoms with Crippen molar-refractivity contribution in [3.63, 3.8) is 0 Å². The van der Waals surface area contributed by atoms with E-state index >= 15 is 0 Å². The molecular weight excluding hydrogens is 292 g/mol. The van der Waals surface area contributed by atoms with Crippen molar-refractivity contribution >= 4 is 11.9 Å². The molecule has 0 saturated heterocycles. The van der Waals surface area contributed by atoms with Gasteiger partial charge >= 0.3 is 0 Å². The minimum absolute atomic E-state index is 0.0797. The van der Waals surface area contributed by atoms with E-state index in [2.05, 4.69) is 46.8 Å². The predicted octanol–water partition coefficient (Wildman–Crippen LogP) is 1.02. The lowest BCUT2D eigenvalue weighted by atomic mass is 10.1. The van der Waals surface area contributed by atoms with Crippen LogP contribution in [0.4, 0.5) is 0 Å². The van der Waals surface area contributed by atoms with Gasteiger partial charge in [-0.1, -0.05) is 31.2 Å². The van der Waals surface area contributed by atoms with Crippen molar-refractivity contribution in [2.75, 3.05) is 40.9 Å². The zero-order chi connectivity index (χ0) is 17.1. The number of ether oxygens (including phenoxy) is 1. The zero-order valence-electron chi connectivity index (χ0n) is 14.6. The number of aliphatic imine (C=N–C) groups is 1. The number of carbonyl (C=O) groups excluding carboxylic acids is 1. The Morgan fingerprint density at radius 3 is 2.43 bits per heavy atom. The molecule has 0 unspecified atom stereocenters. The number of nitrogens with zero attached hydrogens (tertiary/aromatic N) is 2. The molecule has 6 nitrogen and oxygen atoms in total. The molecule has 23 heavy (non-hydrogen) atoms. The molecule has 0 heterocycles. The minimum atomic E-state index is -0.0797. The third-order valence-corrected chi connectivity index (χ3v) is 3.46. The smallest absolute Gasteiger partial charge is 0.239 e. The van der Waals surface area contributed by atoms with Crippen LogP contribution < -0.4 is 10.6 Å². The van der Waals surface area contributed by atoms with Gasteiger partial charge in [-0.2, -0.15) is 0 Å². The molecule has 0 aliphatic carbocycles. The van der Waals surface area contributed by atoms with Crippen molar-refractivity contribution in [3.05, 3.63) is 35.4 Å². The molecule has 1 amide bonds. The average molecular weight is 320 g/mol. The van der Waals surface area contributed by atoms with Gasteiger partial charge in [-0.15, -0.1) is 0 Å². The third-order valence-electron chi connectivity index (χ3n) is 3.46. The molecular formula is C17H28N4O2. The van der Waals surface area contributed by atoms with Crippen LogP contribution in [-0.4, -0.2) is 57.7 Å². The highest BCUT2D eigenvalue weighted by atomic mass is 16.5. The van der Waals surface area contributed by atoms with Crippen LogP contribution in [0.2, 0.25) is 0 Å². The number of guanidine groups is 1. The second kappa shape index (κ2) is 10.6. The topological polar surface area (TPSA) is 66.0 Å². The van der Waals surface area contributed by atoms with Crippen molar-refractivity contribution in [3.8, 4) is 0 Å². The van der Waals surface area contributed by atoms with E-state index in [4.69, 9.17) is 4.74 Å². The minimum Gasteiger partial charge on any atom is -0.383 e. The maximum Gasteiger partial charge on any atom is 0.239 e. The summed E-state index contributed by atoms with van der Waals surface area (Å²) in [7, 11) is 5.27. The molecule has 128 valence electrons. The quantitative estimate of drug-likeness (QED) is 0.426. The second-order valence-corrected chi connectivity index (χ2v) is 5.27. The lowest BCUT2D eigenvalue weighted by Crippen LogP contribution is -2.44. The first-order valence-electron chi connectivity index (χ1n) is 7.86. The fourth-order valence-electron chi connectivity index (χ4n) is 2.13. The number of benzene rings is 1. The molecule has 0 spiro atoms. The van der Waals surface area contributed by atoms with Gasteiger partial charge in [0.1, 0.15) is 0 Å². The first kappa shape index (κ1) is 19.0. The maximum absolute atomic E-state index is 11.7. The highest BCUT2D eigenvalue weighted by molar-refractivity contribution is 5.86. The van der Waals surface area contributed by atoms with Gasteiger partial charge in [0.2, 0.25) is 5.91 Å². The van der Waals surface area contributed by atoms with E-state index in [1.807, 2.05) is 11.9 Å². The zero-order valence-corrected chi connectivity index (χ0v) is 14.6. The van der Waals surface area contributed by atoms with Crippen LogP contribution in [0.5, 0.6) is 0 Å². The highest BCUT2D eigenvalue weighted by Crippen LogP contribution is 2.07. The number of rotatable bonds is 8. The van der Waals surface area contributed by atoms with E-state index in [1.54, 1.807) is 14.2 Å². The summed E-state index contributed by atoms with van der Waals surface area (Å²) >= 11 is 0. The molecule has 0 atom stereocenters. The number of methoxy groups -OCH3 is 1. The lowest BCUT2D eigenvalue weighted by Gasteiger charge is -2.22. The third kappa shape index (κ3) is 7.15. The summed E-state index contributed by atoms with van der Waals surface area (Å²) in [5.41, 5.74) is 2.53. The van der Waals surface area contributed by atoms with E-state index in [1.165, 1.54) is 11.1 Å². The molecule has 0 aromatic heterocycles. The molecule has 1 rings (SSSR count). The Labute approximate surface area is 138 Å². The first-order valence-corrected chi connectivity index (χ1v) is 7.86. The highest BCUT2D eigenvalue weighted by Gasteiger charge is 2.08. The van der Waals surface area contributed by atoms with Gasteiger partial charge in [-0.3, -0.25) is 9.79 Å². The lowest BCUT2D eigenvalue weighted by molar-refractivity contribution is -0.120. The normalized spacial score (nSPS) is 11.2. The molecule has 0 bridgehead atoms. The van der Waals surface area contributed by atoms with Gasteiger partial charge in [0.25, 0.3) is 0 Å². The molecule has 1 aromatic carbocycles. The van der Waals surface area contributed by atoms with Gasteiger partial charge in [-0.05, 0) is 17.5 Å². The number of nitrogens with one attached hydrogen (secondary N) is 2. The Kier molecular flexibility index (Phi) is 8.75. The van der Waals surface area contributed by atoms with E-state index in [0.717, 1.165) is 13.0 Å². The predicted molar refractivity (Wildman–Crippen MR) is 93.5 cm³/mol. The standard InChI is InChI=1S/C17H28N4O2/c1-5-14-6-8-15(9-7-14)13-21(3)17(18-2)20-12-16(22)19-10-11-23-4/h6-9H,5,10-13H2,1-4H3,(H,18,20)(H,19,22). The summed E-state index contributed by atoms with van der Waals surface area (Å²) in [6, 6.07) is 8.53. The van der Waals surface area contributed by atoms with Crippen molar-refractivity contribution < 1.29 is 9.53 Å². The summed E-state index contributed by atoms with van der Waals surface area (Å²) in [5.74, 6) is 0.607. The number of hydrogen-bond acceptors (Lipinski definition) is 3. The molecule has 6 heteroatoms. The van der Waals surface area contributed by atoms with Crippen LogP contribution in [0.25, 0.3) is 0 Å². The van der Waals surface area contributed by atoms with Crippen molar-refractivity contribution in [2.24, 2.45) is 4.99 Å². The largest absolute Gasteiger partial charge is 0.383 e. The molecule has 2 N–H and O–H groups in total. The van der Waals surface area contributed by atoms with Crippen LogP contribution in [0.3, 0.4) is 0 Å². The number of hydrogen-bond donors (Lipinski definition) is 2. The van der Waals surface area contributed by atoms with Crippen molar-refractivity contribution in [1.29, 1.82) is 0 Å². The Morgan fingerprint density at radius 2 is 1.87 bits per heavy atom. The molecule has 0 radical (unpaired) electrons. The van der Waals surface area contributed by atoms with Crippen LogP contribution in [0.15, 0.2) is 29.3 Å². The van der Waals surface area contributed by atoms with Crippen molar-refractivity contribution in [1.82, 2.24) is 15.5 Å². The van der Waals surface area contributed by atoms with E-state index in [9.17, 15) is 4.79 Å². The molecule has 0 saturated carbocycles. The Hall–Kier alpha value is -2.08. The van der Waals surface area contributed by atoms with Gasteiger partial charge in [0.05, 0.1) is 13.2 Å². The number of amides is 1. The fraction of sp³-hybridized carbons (Fsp3) is 0.529. The van der Waals surface area contributed by atoms with Crippen LogP contribution in [0, 0.1) is 0 Å². The molecule has 0 fully saturated rings. The van der Waals surface area contributed by atoms with E-state index in [0.29, 0.717) is 19.1 Å². The van der Waals surface area contributed by atoms with Gasteiger partial charge in [0.15, 0.2) is 5.96 Å². The second-order valence-electron chi connectivity index (χ2n) is 5.27. The van der Waals surface area contributed by atoms with Crippen molar-refractivity contribution in [2.45, 2.75) is 19.9 Å². The number of carbonyl (C=O) groups is 1. The Balaban J connectivity index is 2.45. The SMILES string of the molecule is CCc1ccc(CN(C)C(=NC)NCC(=O)NCCOC)cc1. The summed E-state index contributed by atoms with van der Waals surface area (Å²) in [4.78, 5) is 17.9. The summed E-state index contributed by atoms with van der Waals surface area (Å²) in [6.45, 7) is 4.08. The van der Waals surface area contributed by atoms with E-state index < -0.39 is 0 Å². The van der Waals surface area contributed by atoms with Gasteiger partial charge in [0, 0.05) is 34.3 Å². The molecule has 1 aromatic rings. The summed E-state index contributed by atoms with van der Waals surface area (Å²) in [5, 5.41) is 5.83. The van der Waals surface area contributed by atoms with Crippen LogP contribution in [0.1, 0.15) is 18.1 Å².